The summed E-state index contributed by atoms with van der Waals surface area (Å²) in [7, 11) is -0.137. The van der Waals surface area contributed by atoms with Crippen LogP contribution in [0.3, 0.4) is 0 Å². The van der Waals surface area contributed by atoms with Gasteiger partial charge in [0.1, 0.15) is 0 Å². The Hall–Kier alpha value is -0.0600. The van der Waals surface area contributed by atoms with Crippen molar-refractivity contribution >= 4 is 20.0 Å². The maximum atomic E-state index is 8.95. The van der Waals surface area contributed by atoms with Gasteiger partial charge in [-0.2, -0.15) is 8.42 Å². The van der Waals surface area contributed by atoms with Crippen molar-refractivity contribution < 1.29 is 13.0 Å². The molecule has 0 saturated heterocycles. The molecule has 0 bridgehead atoms. The molecule has 0 atom stereocenters. The molecule has 0 fully saturated rings. The molecule has 0 rings (SSSR count). The first-order valence-corrected chi connectivity index (χ1v) is 3.44. The second-order valence-electron chi connectivity index (χ2n) is 0.412. The Labute approximate surface area is 46.9 Å². The highest BCUT2D eigenvalue weighted by atomic mass is 35.7. The van der Waals surface area contributed by atoms with E-state index < -0.39 is 9.33 Å². The van der Waals surface area contributed by atoms with Crippen molar-refractivity contribution in [3.8, 4) is 0 Å². The maximum Gasteiger partial charge on any atom is 0.353 e. The normalized spacial score (nSPS) is 8.86. The first kappa shape index (κ1) is 10.0. The van der Waals surface area contributed by atoms with Gasteiger partial charge in [-0.1, -0.05) is 0 Å². The smallest absolute Gasteiger partial charge is 0.273 e. The van der Waals surface area contributed by atoms with E-state index in [0.717, 1.165) is 0 Å². The molecule has 0 aliphatic heterocycles. The standard InChI is InChI=1S/C2H4.ClHO3S/c1-2;1-5(2,3)4/h1-2H2;(H,2,3,4). The van der Waals surface area contributed by atoms with Crippen molar-refractivity contribution in [1.82, 2.24) is 0 Å². The van der Waals surface area contributed by atoms with Crippen LogP contribution < -0.4 is 0 Å². The van der Waals surface area contributed by atoms with Crippen molar-refractivity contribution in [3.63, 3.8) is 0 Å². The summed E-state index contributed by atoms with van der Waals surface area (Å²) < 4.78 is 25.2. The van der Waals surface area contributed by atoms with Crippen LogP contribution in [0.1, 0.15) is 0 Å². The van der Waals surface area contributed by atoms with Crippen LogP contribution in [0.2, 0.25) is 0 Å². The third-order valence-electron chi connectivity index (χ3n) is 0. The lowest BCUT2D eigenvalue weighted by Gasteiger charge is -1.65. The minimum absolute atomic E-state index is 3.00. The Balaban J connectivity index is 0. The highest BCUT2D eigenvalue weighted by Gasteiger charge is 1.86. The first-order valence-electron chi connectivity index (χ1n) is 1.17. The van der Waals surface area contributed by atoms with Crippen LogP contribution in [0.25, 0.3) is 0 Å². The van der Waals surface area contributed by atoms with Crippen molar-refractivity contribution in [3.05, 3.63) is 13.2 Å². The molecular formula is C2H5ClO3S. The van der Waals surface area contributed by atoms with Gasteiger partial charge in [-0.25, -0.2) is 0 Å². The highest BCUT2D eigenvalue weighted by molar-refractivity contribution is 8.09. The average molecular weight is 145 g/mol. The Morgan fingerprint density at radius 3 is 1.43 bits per heavy atom. The molecular weight excluding hydrogens is 140 g/mol. The minimum Gasteiger partial charge on any atom is -0.273 e. The van der Waals surface area contributed by atoms with Crippen LogP contribution in [-0.4, -0.2) is 13.0 Å². The monoisotopic (exact) mass is 144 g/mol. The summed E-state index contributed by atoms with van der Waals surface area (Å²) in [4.78, 5) is 0. The fourth-order valence-electron chi connectivity index (χ4n) is 0. The van der Waals surface area contributed by atoms with Gasteiger partial charge in [0, 0.05) is 10.7 Å². The SMILES string of the molecule is C=C.O=S(=O)(O)Cl. The molecule has 0 radical (unpaired) electrons. The molecule has 0 aliphatic carbocycles. The second-order valence-corrected chi connectivity index (χ2v) is 2.41. The molecule has 5 heteroatoms. The summed E-state index contributed by atoms with van der Waals surface area (Å²) in [5.74, 6) is 0. The van der Waals surface area contributed by atoms with Crippen LogP contribution in [0.4, 0.5) is 0 Å². The Bertz CT molecular complexity index is 107. The Kier molecular flexibility index (Phi) is 5.89. The van der Waals surface area contributed by atoms with Crippen molar-refractivity contribution in [2.45, 2.75) is 0 Å². The number of rotatable bonds is 0. The molecule has 3 nitrogen and oxygen atoms in total. The number of halogens is 1. The second kappa shape index (κ2) is 4.11. The zero-order chi connectivity index (χ0) is 6.50. The predicted molar refractivity (Wildman–Crippen MR) is 28.7 cm³/mol. The highest BCUT2D eigenvalue weighted by Crippen LogP contribution is 1.82. The van der Waals surface area contributed by atoms with Crippen LogP contribution in [0.5, 0.6) is 0 Å². The summed E-state index contributed by atoms with van der Waals surface area (Å²) in [6.45, 7) is 6.00. The maximum absolute atomic E-state index is 8.95. The predicted octanol–water partition coefficient (Wildman–Crippen LogP) is 0.830. The molecule has 7 heavy (non-hydrogen) atoms. The molecule has 0 aliphatic rings. The van der Waals surface area contributed by atoms with Gasteiger partial charge in [-0.3, -0.25) is 4.55 Å². The summed E-state index contributed by atoms with van der Waals surface area (Å²) in [5.41, 5.74) is 0. The van der Waals surface area contributed by atoms with E-state index in [1.54, 1.807) is 0 Å². The molecule has 0 amide bonds. The van der Waals surface area contributed by atoms with Crippen LogP contribution in [0.15, 0.2) is 13.2 Å². The van der Waals surface area contributed by atoms with E-state index in [1.165, 1.54) is 0 Å². The van der Waals surface area contributed by atoms with E-state index >= 15 is 0 Å². The summed E-state index contributed by atoms with van der Waals surface area (Å²) in [6, 6.07) is 0. The Morgan fingerprint density at radius 2 is 1.43 bits per heavy atom. The van der Waals surface area contributed by atoms with Gasteiger partial charge in [0.25, 0.3) is 0 Å². The topological polar surface area (TPSA) is 54.4 Å². The van der Waals surface area contributed by atoms with Gasteiger partial charge in [0.2, 0.25) is 0 Å². The quantitative estimate of drug-likeness (QED) is 0.311. The summed E-state index contributed by atoms with van der Waals surface area (Å²) >= 11 is 0. The first-order chi connectivity index (χ1) is 3.00. The molecule has 0 heterocycles. The third kappa shape index (κ3) is 25600. The van der Waals surface area contributed by atoms with E-state index in [0.29, 0.717) is 0 Å². The van der Waals surface area contributed by atoms with Gasteiger partial charge < -0.3 is 0 Å². The molecule has 0 saturated carbocycles. The van der Waals surface area contributed by atoms with E-state index in [4.69, 9.17) is 13.0 Å². The fourth-order valence-corrected chi connectivity index (χ4v) is 0. The third-order valence-corrected chi connectivity index (χ3v) is 0. The molecule has 44 valence electrons. The zero-order valence-corrected chi connectivity index (χ0v) is 5.04. The average Bonchev–Trinajstić information content (AvgIpc) is 1.36. The lowest BCUT2D eigenvalue weighted by molar-refractivity contribution is 0.501. The van der Waals surface area contributed by atoms with E-state index in [2.05, 4.69) is 23.8 Å². The van der Waals surface area contributed by atoms with Gasteiger partial charge in [0.15, 0.2) is 0 Å². The molecule has 1 N–H and O–H groups in total. The Morgan fingerprint density at radius 1 is 1.43 bits per heavy atom. The summed E-state index contributed by atoms with van der Waals surface area (Å²) in [5, 5.41) is 0. The van der Waals surface area contributed by atoms with Gasteiger partial charge >= 0.3 is 9.33 Å². The largest absolute Gasteiger partial charge is 0.353 e. The van der Waals surface area contributed by atoms with E-state index in [1.807, 2.05) is 0 Å². The molecule has 0 aromatic carbocycles. The number of hydrogen-bond donors (Lipinski definition) is 1. The number of hydrogen-bond acceptors (Lipinski definition) is 2. The van der Waals surface area contributed by atoms with Crippen LogP contribution in [-0.2, 0) is 9.33 Å². The van der Waals surface area contributed by atoms with Crippen molar-refractivity contribution in [1.29, 1.82) is 0 Å². The minimum atomic E-state index is -4.19. The van der Waals surface area contributed by atoms with Gasteiger partial charge in [-0.05, 0) is 0 Å². The zero-order valence-electron chi connectivity index (χ0n) is 3.46. The molecule has 0 spiro atoms. The van der Waals surface area contributed by atoms with Gasteiger partial charge in [0.05, 0.1) is 0 Å². The van der Waals surface area contributed by atoms with Crippen LogP contribution >= 0.6 is 10.7 Å². The van der Waals surface area contributed by atoms with Crippen molar-refractivity contribution in [2.24, 2.45) is 0 Å². The fraction of sp³-hybridized carbons (Fsp3) is 0. The van der Waals surface area contributed by atoms with Gasteiger partial charge in [-0.15, -0.1) is 13.2 Å². The van der Waals surface area contributed by atoms with E-state index in [-0.39, 0.29) is 0 Å². The van der Waals surface area contributed by atoms with Crippen LogP contribution in [0, 0.1) is 0 Å². The molecule has 0 aromatic heterocycles. The molecule has 0 unspecified atom stereocenters. The van der Waals surface area contributed by atoms with E-state index in [9.17, 15) is 0 Å². The lowest BCUT2D eigenvalue weighted by Crippen LogP contribution is -1.77. The molecule has 0 aromatic rings. The summed E-state index contributed by atoms with van der Waals surface area (Å²) in [6.07, 6.45) is 0. The lowest BCUT2D eigenvalue weighted by atomic mass is 11.3. The van der Waals surface area contributed by atoms with Crippen molar-refractivity contribution in [2.75, 3.05) is 0 Å².